The van der Waals surface area contributed by atoms with E-state index in [9.17, 15) is 4.79 Å². The van der Waals surface area contributed by atoms with E-state index >= 15 is 0 Å². The Hall–Kier alpha value is -1.55. The van der Waals surface area contributed by atoms with E-state index in [1.807, 2.05) is 6.92 Å². The van der Waals surface area contributed by atoms with Crippen LogP contribution < -0.4 is 11.1 Å². The van der Waals surface area contributed by atoms with Crippen LogP contribution in [0.25, 0.3) is 0 Å². The summed E-state index contributed by atoms with van der Waals surface area (Å²) in [6.07, 6.45) is -0.419. The van der Waals surface area contributed by atoms with E-state index in [0.717, 1.165) is 5.69 Å². The van der Waals surface area contributed by atoms with Gasteiger partial charge in [-0.3, -0.25) is 4.79 Å². The fraction of sp³-hybridized carbons (Fsp3) is 0.500. The fourth-order valence-corrected chi connectivity index (χ4v) is 1.35. The van der Waals surface area contributed by atoms with Gasteiger partial charge in [0.05, 0.1) is 6.10 Å². The molecule has 0 saturated carbocycles. The molecular formula is C14H22N2O2. The Balaban J connectivity index is 2.52. The zero-order valence-electron chi connectivity index (χ0n) is 11.4. The summed E-state index contributed by atoms with van der Waals surface area (Å²) >= 11 is 0. The summed E-state index contributed by atoms with van der Waals surface area (Å²) in [5.74, 6) is 0.240. The Morgan fingerprint density at radius 2 is 1.72 bits per heavy atom. The lowest BCUT2D eigenvalue weighted by Gasteiger charge is -2.21. The van der Waals surface area contributed by atoms with Crippen LogP contribution in [0, 0.1) is 5.92 Å². The van der Waals surface area contributed by atoms with Crippen molar-refractivity contribution in [1.82, 2.24) is 0 Å². The molecule has 2 unspecified atom stereocenters. The molecule has 1 aromatic carbocycles. The lowest BCUT2D eigenvalue weighted by atomic mass is 10.1. The summed E-state index contributed by atoms with van der Waals surface area (Å²) < 4.78 is 5.63. The van der Waals surface area contributed by atoms with Crippen LogP contribution >= 0.6 is 0 Å². The minimum Gasteiger partial charge on any atom is -0.399 e. The Kier molecular flexibility index (Phi) is 5.16. The SMILES string of the molecule is CC(OC(C)C(C)C)C(=O)Nc1ccc(N)cc1. The van der Waals surface area contributed by atoms with Crippen molar-refractivity contribution in [1.29, 1.82) is 0 Å². The number of carbonyl (C=O) groups excluding carboxylic acids is 1. The van der Waals surface area contributed by atoms with Crippen LogP contribution in [0.1, 0.15) is 27.7 Å². The lowest BCUT2D eigenvalue weighted by molar-refractivity contribution is -0.130. The predicted octanol–water partition coefficient (Wildman–Crippen LogP) is 2.66. The van der Waals surface area contributed by atoms with Crippen LogP contribution in [0.5, 0.6) is 0 Å². The van der Waals surface area contributed by atoms with Gasteiger partial charge in [0.1, 0.15) is 6.10 Å². The summed E-state index contributed by atoms with van der Waals surface area (Å²) in [6.45, 7) is 7.85. The Morgan fingerprint density at radius 1 is 1.17 bits per heavy atom. The molecule has 0 aliphatic rings. The number of ether oxygens (including phenoxy) is 1. The standard InChI is InChI=1S/C14H22N2O2/c1-9(2)10(3)18-11(4)14(17)16-13-7-5-12(15)6-8-13/h5-11H,15H2,1-4H3,(H,16,17). The molecule has 0 aliphatic heterocycles. The lowest BCUT2D eigenvalue weighted by Crippen LogP contribution is -2.32. The fourth-order valence-electron chi connectivity index (χ4n) is 1.35. The minimum atomic E-state index is -0.472. The maximum atomic E-state index is 11.9. The molecule has 0 fully saturated rings. The first-order valence-electron chi connectivity index (χ1n) is 6.22. The molecule has 2 atom stereocenters. The largest absolute Gasteiger partial charge is 0.399 e. The van der Waals surface area contributed by atoms with Crippen LogP contribution in [-0.4, -0.2) is 18.1 Å². The van der Waals surface area contributed by atoms with Crippen LogP contribution in [0.3, 0.4) is 0 Å². The van der Waals surface area contributed by atoms with Crippen molar-refractivity contribution in [2.24, 2.45) is 5.92 Å². The number of nitrogens with two attached hydrogens (primary N) is 1. The zero-order valence-corrected chi connectivity index (χ0v) is 11.4. The molecule has 4 heteroatoms. The third kappa shape index (κ3) is 4.37. The first-order valence-corrected chi connectivity index (χ1v) is 6.22. The molecule has 0 bridgehead atoms. The number of hydrogen-bond donors (Lipinski definition) is 2. The number of rotatable bonds is 5. The van der Waals surface area contributed by atoms with Crippen molar-refractivity contribution in [2.75, 3.05) is 11.1 Å². The average molecular weight is 250 g/mol. The molecule has 1 amide bonds. The van der Waals surface area contributed by atoms with Crippen molar-refractivity contribution in [2.45, 2.75) is 39.9 Å². The van der Waals surface area contributed by atoms with Crippen LogP contribution in [-0.2, 0) is 9.53 Å². The number of anilines is 2. The van der Waals surface area contributed by atoms with Crippen LogP contribution in [0.15, 0.2) is 24.3 Å². The number of amides is 1. The topological polar surface area (TPSA) is 64.3 Å². The van der Waals surface area contributed by atoms with E-state index in [1.54, 1.807) is 31.2 Å². The molecule has 4 nitrogen and oxygen atoms in total. The number of nitrogen functional groups attached to an aromatic ring is 1. The minimum absolute atomic E-state index is 0.0529. The first-order chi connectivity index (χ1) is 8.40. The van der Waals surface area contributed by atoms with E-state index in [-0.39, 0.29) is 12.0 Å². The second-order valence-corrected chi connectivity index (χ2v) is 4.84. The Labute approximate surface area is 109 Å². The molecule has 3 N–H and O–H groups in total. The summed E-state index contributed by atoms with van der Waals surface area (Å²) in [6, 6.07) is 7.04. The van der Waals surface area contributed by atoms with E-state index in [1.165, 1.54) is 0 Å². The molecule has 0 aliphatic carbocycles. The molecule has 100 valence electrons. The van der Waals surface area contributed by atoms with Gasteiger partial charge >= 0.3 is 0 Å². The molecule has 0 aromatic heterocycles. The van der Waals surface area contributed by atoms with Crippen molar-refractivity contribution in [3.8, 4) is 0 Å². The molecule has 0 spiro atoms. The van der Waals surface area contributed by atoms with Gasteiger partial charge in [-0.25, -0.2) is 0 Å². The highest BCUT2D eigenvalue weighted by atomic mass is 16.5. The first kappa shape index (κ1) is 14.5. The van der Waals surface area contributed by atoms with Gasteiger partial charge in [0, 0.05) is 11.4 Å². The molecule has 0 saturated heterocycles. The molecule has 1 rings (SSSR count). The Bertz CT molecular complexity index is 387. The van der Waals surface area contributed by atoms with Gasteiger partial charge < -0.3 is 15.8 Å². The van der Waals surface area contributed by atoms with Gasteiger partial charge in [-0.2, -0.15) is 0 Å². The third-order valence-electron chi connectivity index (χ3n) is 2.91. The molecule has 0 radical (unpaired) electrons. The quantitative estimate of drug-likeness (QED) is 0.790. The van der Waals surface area contributed by atoms with Gasteiger partial charge in [0.2, 0.25) is 0 Å². The van der Waals surface area contributed by atoms with Gasteiger partial charge in [-0.15, -0.1) is 0 Å². The smallest absolute Gasteiger partial charge is 0.253 e. The van der Waals surface area contributed by atoms with Gasteiger partial charge in [-0.1, -0.05) is 13.8 Å². The zero-order chi connectivity index (χ0) is 13.7. The maximum Gasteiger partial charge on any atom is 0.253 e. The average Bonchev–Trinajstić information content (AvgIpc) is 2.31. The number of hydrogen-bond acceptors (Lipinski definition) is 3. The van der Waals surface area contributed by atoms with Crippen LogP contribution in [0.4, 0.5) is 11.4 Å². The summed E-state index contributed by atoms with van der Waals surface area (Å²) in [7, 11) is 0. The van der Waals surface area contributed by atoms with Gasteiger partial charge in [0.15, 0.2) is 0 Å². The van der Waals surface area contributed by atoms with E-state index in [0.29, 0.717) is 11.6 Å². The Morgan fingerprint density at radius 3 is 2.22 bits per heavy atom. The van der Waals surface area contributed by atoms with Crippen molar-refractivity contribution in [3.05, 3.63) is 24.3 Å². The number of carbonyl (C=O) groups is 1. The second-order valence-electron chi connectivity index (χ2n) is 4.84. The summed E-state index contributed by atoms with van der Waals surface area (Å²) in [4.78, 5) is 11.9. The van der Waals surface area contributed by atoms with E-state index in [2.05, 4.69) is 19.2 Å². The third-order valence-corrected chi connectivity index (χ3v) is 2.91. The molecular weight excluding hydrogens is 228 g/mol. The summed E-state index contributed by atoms with van der Waals surface area (Å²) in [5.41, 5.74) is 6.97. The second kappa shape index (κ2) is 6.40. The maximum absolute atomic E-state index is 11.9. The highest BCUT2D eigenvalue weighted by Crippen LogP contribution is 2.13. The van der Waals surface area contributed by atoms with Crippen molar-refractivity contribution < 1.29 is 9.53 Å². The van der Waals surface area contributed by atoms with E-state index in [4.69, 9.17) is 10.5 Å². The molecule has 0 heterocycles. The van der Waals surface area contributed by atoms with Gasteiger partial charge in [-0.05, 0) is 44.0 Å². The van der Waals surface area contributed by atoms with Gasteiger partial charge in [0.25, 0.3) is 5.91 Å². The van der Waals surface area contributed by atoms with Crippen LogP contribution in [0.2, 0.25) is 0 Å². The molecule has 18 heavy (non-hydrogen) atoms. The number of nitrogens with one attached hydrogen (secondary N) is 1. The molecule has 1 aromatic rings. The summed E-state index contributed by atoms with van der Waals surface area (Å²) in [5, 5.41) is 2.79. The monoisotopic (exact) mass is 250 g/mol. The van der Waals surface area contributed by atoms with Crippen molar-refractivity contribution >= 4 is 17.3 Å². The predicted molar refractivity (Wildman–Crippen MR) is 74.3 cm³/mol. The number of benzene rings is 1. The van der Waals surface area contributed by atoms with Crippen molar-refractivity contribution in [3.63, 3.8) is 0 Å². The van der Waals surface area contributed by atoms with E-state index < -0.39 is 6.10 Å². The normalized spacial score (nSPS) is 14.3. The highest BCUT2D eigenvalue weighted by Gasteiger charge is 2.18. The highest BCUT2D eigenvalue weighted by molar-refractivity contribution is 5.94.